The summed E-state index contributed by atoms with van der Waals surface area (Å²) in [4.78, 5) is 0. The summed E-state index contributed by atoms with van der Waals surface area (Å²) in [6.07, 6.45) is -0.531. The average Bonchev–Trinajstić information content (AvgIpc) is 2.27. The Labute approximate surface area is 104 Å². The van der Waals surface area contributed by atoms with Crippen LogP contribution in [0.1, 0.15) is 26.9 Å². The summed E-state index contributed by atoms with van der Waals surface area (Å²) in [7, 11) is 0. The lowest BCUT2D eigenvalue weighted by atomic mass is 10.1. The van der Waals surface area contributed by atoms with Gasteiger partial charge in [-0.3, -0.25) is 0 Å². The molecule has 1 rings (SSSR count). The summed E-state index contributed by atoms with van der Waals surface area (Å²) in [5.74, 6) is 0. The summed E-state index contributed by atoms with van der Waals surface area (Å²) >= 11 is 0. The van der Waals surface area contributed by atoms with Crippen LogP contribution in [0.3, 0.4) is 0 Å². The van der Waals surface area contributed by atoms with Gasteiger partial charge in [0.1, 0.15) is 0 Å². The summed E-state index contributed by atoms with van der Waals surface area (Å²) in [6, 6.07) is 9.49. The predicted octanol–water partition coefficient (Wildman–Crippen LogP) is -1.80. The molecule has 0 radical (unpaired) electrons. The third kappa shape index (κ3) is 4.94. The van der Waals surface area contributed by atoms with E-state index in [9.17, 15) is 5.11 Å². The number of rotatable bonds is 5. The number of aliphatic hydroxyl groups excluding tert-OH is 2. The Morgan fingerprint density at radius 2 is 1.88 bits per heavy atom. The van der Waals surface area contributed by atoms with Crippen molar-refractivity contribution >= 4 is 0 Å². The number of nitrogens with one attached hydrogen (secondary N) is 1. The molecule has 0 aliphatic carbocycles. The standard InChI is InChI=1S/C12H19NO2.ClH/c1-12(2,9-14)13-8-11(15)10-6-4-3-5-7-10;/h3-7,11,13-15H,8-9H2,1-2H3;1H. The molecule has 0 saturated carbocycles. The van der Waals surface area contributed by atoms with Crippen molar-refractivity contribution in [2.24, 2.45) is 0 Å². The maximum absolute atomic E-state index is 9.84. The Morgan fingerprint density at radius 1 is 1.31 bits per heavy atom. The smallest absolute Gasteiger partial charge is 1.00 e. The molecule has 0 spiro atoms. The monoisotopic (exact) mass is 245 g/mol. The maximum atomic E-state index is 9.84. The molecular formula is C12H20ClNO2. The van der Waals surface area contributed by atoms with Crippen LogP contribution in [0.2, 0.25) is 0 Å². The largest absolute Gasteiger partial charge is 1.00 e. The van der Waals surface area contributed by atoms with Gasteiger partial charge < -0.3 is 27.9 Å². The van der Waals surface area contributed by atoms with E-state index in [1.807, 2.05) is 44.2 Å². The van der Waals surface area contributed by atoms with E-state index in [-0.39, 0.29) is 26.0 Å². The van der Waals surface area contributed by atoms with E-state index < -0.39 is 6.10 Å². The first kappa shape index (κ1) is 15.4. The quantitative estimate of drug-likeness (QED) is 0.574. The highest BCUT2D eigenvalue weighted by atomic mass is 35.5. The zero-order chi connectivity index (χ0) is 11.3. The fraction of sp³-hybridized carbons (Fsp3) is 0.500. The molecule has 0 fully saturated rings. The minimum atomic E-state index is -0.531. The van der Waals surface area contributed by atoms with Gasteiger partial charge in [-0.15, -0.1) is 0 Å². The summed E-state index contributed by atoms with van der Waals surface area (Å²) in [6.45, 7) is 4.28. The predicted molar refractivity (Wildman–Crippen MR) is 61.7 cm³/mol. The van der Waals surface area contributed by atoms with Gasteiger partial charge in [-0.05, 0) is 19.4 Å². The number of halogens is 1. The molecule has 1 aromatic rings. The first-order valence-corrected chi connectivity index (χ1v) is 5.14. The number of hydrogen-bond acceptors (Lipinski definition) is 3. The van der Waals surface area contributed by atoms with E-state index in [4.69, 9.17) is 5.11 Å². The Balaban J connectivity index is 0. The second-order valence-electron chi connectivity index (χ2n) is 4.35. The molecule has 1 aromatic carbocycles. The van der Waals surface area contributed by atoms with Crippen molar-refractivity contribution in [1.29, 1.82) is 0 Å². The van der Waals surface area contributed by atoms with Crippen molar-refractivity contribution in [2.75, 3.05) is 13.2 Å². The molecule has 0 amide bonds. The molecule has 0 bridgehead atoms. The van der Waals surface area contributed by atoms with Crippen LogP contribution >= 0.6 is 0 Å². The van der Waals surface area contributed by atoms with E-state index in [0.717, 1.165) is 5.56 Å². The van der Waals surface area contributed by atoms with Crippen molar-refractivity contribution in [2.45, 2.75) is 25.5 Å². The average molecular weight is 246 g/mol. The second kappa shape index (κ2) is 6.86. The van der Waals surface area contributed by atoms with Gasteiger partial charge in [0.05, 0.1) is 12.7 Å². The third-order valence-electron chi connectivity index (χ3n) is 2.35. The van der Waals surface area contributed by atoms with Gasteiger partial charge in [0.15, 0.2) is 0 Å². The van der Waals surface area contributed by atoms with Crippen LogP contribution in [0.15, 0.2) is 30.3 Å². The Kier molecular flexibility index (Phi) is 6.60. The third-order valence-corrected chi connectivity index (χ3v) is 2.35. The van der Waals surface area contributed by atoms with Gasteiger partial charge in [-0.25, -0.2) is 0 Å². The van der Waals surface area contributed by atoms with Gasteiger partial charge in [0.25, 0.3) is 0 Å². The molecule has 3 nitrogen and oxygen atoms in total. The zero-order valence-electron chi connectivity index (χ0n) is 10.7. The highest BCUT2D eigenvalue weighted by Crippen LogP contribution is 2.12. The van der Waals surface area contributed by atoms with E-state index in [2.05, 4.69) is 5.32 Å². The number of β-amino-alcohol motifs (C(OH)–C–C–N with tert-alkyl or cyclic N) is 1. The first-order valence-electron chi connectivity index (χ1n) is 5.14. The van der Waals surface area contributed by atoms with Crippen molar-refractivity contribution in [3.63, 3.8) is 0 Å². The minimum Gasteiger partial charge on any atom is -1.00 e. The maximum Gasteiger partial charge on any atom is 1.00 e. The van der Waals surface area contributed by atoms with Crippen molar-refractivity contribution in [3.8, 4) is 0 Å². The molecule has 3 N–H and O–H groups in total. The Bertz CT molecular complexity index is 296. The number of benzene rings is 1. The molecule has 0 saturated heterocycles. The van der Waals surface area contributed by atoms with E-state index in [0.29, 0.717) is 6.54 Å². The molecule has 0 aliphatic rings. The first-order chi connectivity index (χ1) is 7.05. The lowest BCUT2D eigenvalue weighted by molar-refractivity contribution is -0.00000574. The lowest BCUT2D eigenvalue weighted by Gasteiger charge is -2.25. The fourth-order valence-corrected chi connectivity index (χ4v) is 1.22. The van der Waals surface area contributed by atoms with Crippen LogP contribution in [0.5, 0.6) is 0 Å². The molecule has 1 atom stereocenters. The second-order valence-corrected chi connectivity index (χ2v) is 4.35. The Hall–Kier alpha value is -0.610. The van der Waals surface area contributed by atoms with Gasteiger partial charge in [-0.1, -0.05) is 30.3 Å². The number of aliphatic hydroxyl groups is 2. The Morgan fingerprint density at radius 3 is 2.38 bits per heavy atom. The van der Waals surface area contributed by atoms with Crippen molar-refractivity contribution < 1.29 is 24.0 Å². The van der Waals surface area contributed by atoms with E-state index in [1.54, 1.807) is 0 Å². The van der Waals surface area contributed by atoms with Gasteiger partial charge in [0.2, 0.25) is 0 Å². The molecule has 0 aliphatic heterocycles. The summed E-state index contributed by atoms with van der Waals surface area (Å²) < 4.78 is 0. The van der Waals surface area contributed by atoms with Gasteiger partial charge >= 0.3 is 1.43 Å². The molecule has 0 heterocycles. The highest BCUT2D eigenvalue weighted by Gasteiger charge is 2.17. The zero-order valence-corrected chi connectivity index (χ0v) is 10.4. The normalized spacial score (nSPS) is 13.0. The van der Waals surface area contributed by atoms with Crippen LogP contribution in [0, 0.1) is 0 Å². The van der Waals surface area contributed by atoms with Crippen LogP contribution < -0.4 is 17.7 Å². The highest BCUT2D eigenvalue weighted by molar-refractivity contribution is 5.17. The lowest BCUT2D eigenvalue weighted by Crippen LogP contribution is -3.00. The minimum absolute atomic E-state index is 0. The van der Waals surface area contributed by atoms with Crippen LogP contribution in [-0.4, -0.2) is 28.9 Å². The van der Waals surface area contributed by atoms with Crippen molar-refractivity contribution in [3.05, 3.63) is 35.9 Å². The van der Waals surface area contributed by atoms with Crippen LogP contribution in [0.25, 0.3) is 0 Å². The number of hydrogen-bond donors (Lipinski definition) is 3. The molecule has 0 aromatic heterocycles. The molecule has 16 heavy (non-hydrogen) atoms. The molecule has 1 unspecified atom stereocenters. The summed E-state index contributed by atoms with van der Waals surface area (Å²) in [5, 5.41) is 22.0. The topological polar surface area (TPSA) is 52.5 Å². The van der Waals surface area contributed by atoms with E-state index in [1.165, 1.54) is 0 Å². The molecule has 92 valence electrons. The van der Waals surface area contributed by atoms with Crippen molar-refractivity contribution in [1.82, 2.24) is 5.32 Å². The summed E-state index contributed by atoms with van der Waals surface area (Å²) in [5.41, 5.74) is 0.536. The fourth-order valence-electron chi connectivity index (χ4n) is 1.22. The molecule has 4 heteroatoms. The SMILES string of the molecule is CC(C)(CO)NCC(O)c1ccccc1.[Cl-].[H+]. The van der Waals surface area contributed by atoms with Gasteiger partial charge in [-0.2, -0.15) is 0 Å². The van der Waals surface area contributed by atoms with E-state index >= 15 is 0 Å². The van der Waals surface area contributed by atoms with Gasteiger partial charge in [0, 0.05) is 12.1 Å². The molecular weight excluding hydrogens is 226 g/mol. The van der Waals surface area contributed by atoms with Crippen LogP contribution in [-0.2, 0) is 0 Å². The van der Waals surface area contributed by atoms with Crippen LogP contribution in [0.4, 0.5) is 0 Å².